The zero-order valence-electron chi connectivity index (χ0n) is 14.7. The minimum Gasteiger partial charge on any atom is -0.497 e. The van der Waals surface area contributed by atoms with Crippen molar-refractivity contribution in [2.45, 2.75) is 6.42 Å². The minimum absolute atomic E-state index is 0.193. The van der Waals surface area contributed by atoms with Crippen LogP contribution in [-0.4, -0.2) is 18.1 Å². The van der Waals surface area contributed by atoms with E-state index in [2.05, 4.69) is 4.98 Å². The Balaban J connectivity index is 1.56. The predicted molar refractivity (Wildman–Crippen MR) is 107 cm³/mol. The van der Waals surface area contributed by atoms with E-state index in [0.29, 0.717) is 5.75 Å². The first-order chi connectivity index (χ1) is 13.2. The van der Waals surface area contributed by atoms with Gasteiger partial charge in [-0.3, -0.25) is 4.79 Å². The highest BCUT2D eigenvalue weighted by Gasteiger charge is 2.14. The van der Waals surface area contributed by atoms with E-state index in [4.69, 9.17) is 9.47 Å². The Hall–Kier alpha value is -3.18. The van der Waals surface area contributed by atoms with Crippen molar-refractivity contribution in [1.29, 1.82) is 0 Å². The number of benzene rings is 3. The van der Waals surface area contributed by atoms with Gasteiger partial charge in [0, 0.05) is 0 Å². The number of thiazole rings is 1. The Morgan fingerprint density at radius 3 is 2.48 bits per heavy atom. The fourth-order valence-corrected chi connectivity index (χ4v) is 3.78. The van der Waals surface area contributed by atoms with Gasteiger partial charge in [-0.25, -0.2) is 4.98 Å². The monoisotopic (exact) mass is 375 g/mol. The summed E-state index contributed by atoms with van der Waals surface area (Å²) < 4.78 is 11.9. The molecule has 1 heterocycles. The Bertz CT molecular complexity index is 1050. The number of esters is 1. The van der Waals surface area contributed by atoms with E-state index in [-0.39, 0.29) is 12.4 Å². The first kappa shape index (κ1) is 17.2. The first-order valence-corrected chi connectivity index (χ1v) is 9.33. The van der Waals surface area contributed by atoms with Crippen LogP contribution in [0.3, 0.4) is 0 Å². The SMILES string of the molecule is COc1ccc(CC(=O)Oc2ccccc2-c2nc3ccccc3s2)cc1. The zero-order chi connectivity index (χ0) is 18.6. The predicted octanol–water partition coefficient (Wildman–Crippen LogP) is 5.12. The third kappa shape index (κ3) is 3.83. The molecule has 0 aliphatic heterocycles. The maximum atomic E-state index is 12.4. The van der Waals surface area contributed by atoms with Gasteiger partial charge in [0.25, 0.3) is 0 Å². The van der Waals surface area contributed by atoms with Crippen LogP contribution in [0.1, 0.15) is 5.56 Å². The smallest absolute Gasteiger partial charge is 0.315 e. The number of ether oxygens (including phenoxy) is 2. The molecule has 0 fully saturated rings. The molecular weight excluding hydrogens is 358 g/mol. The van der Waals surface area contributed by atoms with Gasteiger partial charge in [-0.15, -0.1) is 11.3 Å². The normalized spacial score (nSPS) is 10.7. The highest BCUT2D eigenvalue weighted by atomic mass is 32.1. The van der Waals surface area contributed by atoms with Gasteiger partial charge in [-0.2, -0.15) is 0 Å². The van der Waals surface area contributed by atoms with Crippen LogP contribution in [0.25, 0.3) is 20.8 Å². The number of hydrogen-bond donors (Lipinski definition) is 0. The molecule has 0 aliphatic carbocycles. The second-order valence-electron chi connectivity index (χ2n) is 5.98. The molecule has 4 aromatic rings. The minimum atomic E-state index is -0.311. The molecule has 134 valence electrons. The van der Waals surface area contributed by atoms with Crippen molar-refractivity contribution >= 4 is 27.5 Å². The van der Waals surface area contributed by atoms with Gasteiger partial charge in [-0.1, -0.05) is 36.4 Å². The van der Waals surface area contributed by atoms with Gasteiger partial charge in [-0.05, 0) is 42.0 Å². The number of rotatable bonds is 5. The van der Waals surface area contributed by atoms with Crippen molar-refractivity contribution < 1.29 is 14.3 Å². The quantitative estimate of drug-likeness (QED) is 0.359. The van der Waals surface area contributed by atoms with E-state index in [1.807, 2.05) is 66.7 Å². The summed E-state index contributed by atoms with van der Waals surface area (Å²) in [7, 11) is 1.61. The molecule has 4 nitrogen and oxygen atoms in total. The second-order valence-corrected chi connectivity index (χ2v) is 7.01. The van der Waals surface area contributed by atoms with Gasteiger partial charge >= 0.3 is 5.97 Å². The van der Waals surface area contributed by atoms with E-state index in [0.717, 1.165) is 32.1 Å². The Morgan fingerprint density at radius 2 is 1.70 bits per heavy atom. The molecule has 0 atom stereocenters. The van der Waals surface area contributed by atoms with Gasteiger partial charge in [0.2, 0.25) is 0 Å². The summed E-state index contributed by atoms with van der Waals surface area (Å²) in [5.41, 5.74) is 2.64. The van der Waals surface area contributed by atoms with E-state index in [1.54, 1.807) is 24.5 Å². The number of hydrogen-bond acceptors (Lipinski definition) is 5. The second kappa shape index (κ2) is 7.60. The molecule has 0 saturated heterocycles. The van der Waals surface area contributed by atoms with Crippen LogP contribution in [-0.2, 0) is 11.2 Å². The number of methoxy groups -OCH3 is 1. The standard InChI is InChI=1S/C22H17NO3S/c1-25-16-12-10-15(11-13-16)14-21(24)26-19-8-4-2-6-17(19)22-23-18-7-3-5-9-20(18)27-22/h2-13H,14H2,1H3. The van der Waals surface area contributed by atoms with E-state index < -0.39 is 0 Å². The summed E-state index contributed by atoms with van der Waals surface area (Å²) in [6.07, 6.45) is 0.193. The van der Waals surface area contributed by atoms with Gasteiger partial charge in [0.1, 0.15) is 16.5 Å². The average Bonchev–Trinajstić information content (AvgIpc) is 3.13. The number of aromatic nitrogens is 1. The highest BCUT2D eigenvalue weighted by Crippen LogP contribution is 2.35. The number of carbonyl (C=O) groups is 1. The summed E-state index contributed by atoms with van der Waals surface area (Å²) in [5.74, 6) is 0.970. The number of nitrogens with zero attached hydrogens (tertiary/aromatic N) is 1. The summed E-state index contributed by atoms with van der Waals surface area (Å²) in [6, 6.07) is 22.9. The summed E-state index contributed by atoms with van der Waals surface area (Å²) in [6.45, 7) is 0. The lowest BCUT2D eigenvalue weighted by Crippen LogP contribution is -2.11. The number of carbonyl (C=O) groups excluding carboxylic acids is 1. The third-order valence-electron chi connectivity index (χ3n) is 4.14. The van der Waals surface area contributed by atoms with E-state index in [1.165, 1.54) is 0 Å². The van der Waals surface area contributed by atoms with Crippen LogP contribution >= 0.6 is 11.3 Å². The lowest BCUT2D eigenvalue weighted by Gasteiger charge is -2.08. The molecule has 0 bridgehead atoms. The summed E-state index contributed by atoms with van der Waals surface area (Å²) >= 11 is 1.58. The molecule has 3 aromatic carbocycles. The maximum Gasteiger partial charge on any atom is 0.315 e. The molecular formula is C22H17NO3S. The van der Waals surface area contributed by atoms with Crippen LogP contribution in [0.15, 0.2) is 72.8 Å². The van der Waals surface area contributed by atoms with Crippen LogP contribution in [0.2, 0.25) is 0 Å². The third-order valence-corrected chi connectivity index (χ3v) is 5.21. The first-order valence-electron chi connectivity index (χ1n) is 8.51. The van der Waals surface area contributed by atoms with E-state index in [9.17, 15) is 4.79 Å². The van der Waals surface area contributed by atoms with Crippen LogP contribution in [0.5, 0.6) is 11.5 Å². The molecule has 0 unspecified atom stereocenters. The highest BCUT2D eigenvalue weighted by molar-refractivity contribution is 7.21. The molecule has 5 heteroatoms. The van der Waals surface area contributed by atoms with Crippen molar-refractivity contribution in [2.24, 2.45) is 0 Å². The van der Waals surface area contributed by atoms with Crippen molar-refractivity contribution in [3.05, 3.63) is 78.4 Å². The number of para-hydroxylation sites is 2. The fourth-order valence-electron chi connectivity index (χ4n) is 2.79. The Morgan fingerprint density at radius 1 is 0.963 bits per heavy atom. The van der Waals surface area contributed by atoms with Gasteiger partial charge in [0.15, 0.2) is 0 Å². The van der Waals surface area contributed by atoms with Crippen molar-refractivity contribution in [1.82, 2.24) is 4.98 Å². The summed E-state index contributed by atoms with van der Waals surface area (Å²) in [5, 5.41) is 0.837. The van der Waals surface area contributed by atoms with Crippen LogP contribution in [0, 0.1) is 0 Å². The topological polar surface area (TPSA) is 48.4 Å². The van der Waals surface area contributed by atoms with Crippen molar-refractivity contribution in [3.8, 4) is 22.1 Å². The Labute approximate surface area is 161 Å². The average molecular weight is 375 g/mol. The molecule has 0 aliphatic rings. The van der Waals surface area contributed by atoms with Gasteiger partial charge in [0.05, 0.1) is 29.3 Å². The molecule has 4 rings (SSSR count). The molecule has 1 aromatic heterocycles. The lowest BCUT2D eigenvalue weighted by molar-refractivity contribution is -0.133. The van der Waals surface area contributed by atoms with Crippen molar-refractivity contribution in [3.63, 3.8) is 0 Å². The molecule has 27 heavy (non-hydrogen) atoms. The maximum absolute atomic E-state index is 12.4. The Kier molecular flexibility index (Phi) is 4.85. The lowest BCUT2D eigenvalue weighted by atomic mass is 10.1. The number of fused-ring (bicyclic) bond motifs is 1. The zero-order valence-corrected chi connectivity index (χ0v) is 15.5. The summed E-state index contributed by atoms with van der Waals surface area (Å²) in [4.78, 5) is 17.1. The van der Waals surface area contributed by atoms with Crippen molar-refractivity contribution in [2.75, 3.05) is 7.11 Å². The van der Waals surface area contributed by atoms with Gasteiger partial charge < -0.3 is 9.47 Å². The molecule has 0 spiro atoms. The van der Waals surface area contributed by atoms with E-state index >= 15 is 0 Å². The van der Waals surface area contributed by atoms with Crippen LogP contribution < -0.4 is 9.47 Å². The molecule has 0 amide bonds. The molecule has 0 saturated carbocycles. The fraction of sp³-hybridized carbons (Fsp3) is 0.0909. The largest absolute Gasteiger partial charge is 0.497 e. The van der Waals surface area contributed by atoms with Crippen LogP contribution in [0.4, 0.5) is 0 Å². The molecule has 0 radical (unpaired) electrons. The molecule has 0 N–H and O–H groups in total.